The summed E-state index contributed by atoms with van der Waals surface area (Å²) in [6.07, 6.45) is 1.96. The minimum absolute atomic E-state index is 0.145. The largest absolute Gasteiger partial charge is 0.305 e. The van der Waals surface area contributed by atoms with E-state index in [1.807, 2.05) is 26.0 Å². The standard InChI is InChI=1S/C13H16ClNO/c1-9-4-5-10(8-11(9)14)12(16)13(2)6-3-7-15-13/h4-5,8,15H,3,6-7H2,1-2H3. The van der Waals surface area contributed by atoms with E-state index in [9.17, 15) is 4.79 Å². The SMILES string of the molecule is Cc1ccc(C(=O)C2(C)CCCN2)cc1Cl. The predicted molar refractivity (Wildman–Crippen MR) is 66.2 cm³/mol. The first-order valence-electron chi connectivity index (χ1n) is 5.59. The molecule has 1 saturated heterocycles. The zero-order chi connectivity index (χ0) is 11.8. The summed E-state index contributed by atoms with van der Waals surface area (Å²) in [4.78, 5) is 12.3. The Kier molecular flexibility index (Phi) is 3.04. The van der Waals surface area contributed by atoms with Gasteiger partial charge >= 0.3 is 0 Å². The lowest BCUT2D eigenvalue weighted by Gasteiger charge is -2.22. The number of hydrogen-bond acceptors (Lipinski definition) is 2. The van der Waals surface area contributed by atoms with Gasteiger partial charge in [0.2, 0.25) is 0 Å². The molecule has 1 fully saturated rings. The highest BCUT2D eigenvalue weighted by Crippen LogP contribution is 2.25. The number of hydrogen-bond donors (Lipinski definition) is 1. The van der Waals surface area contributed by atoms with Crippen LogP contribution in [0.2, 0.25) is 5.02 Å². The normalized spacial score (nSPS) is 24.7. The molecular formula is C13H16ClNO. The third kappa shape index (κ3) is 2.00. The Labute approximate surface area is 101 Å². The van der Waals surface area contributed by atoms with Crippen LogP contribution in [0.5, 0.6) is 0 Å². The van der Waals surface area contributed by atoms with E-state index in [0.29, 0.717) is 10.6 Å². The second kappa shape index (κ2) is 4.19. The summed E-state index contributed by atoms with van der Waals surface area (Å²) in [5.41, 5.74) is 1.30. The maximum absolute atomic E-state index is 12.3. The fourth-order valence-electron chi connectivity index (χ4n) is 2.14. The maximum atomic E-state index is 12.3. The summed E-state index contributed by atoms with van der Waals surface area (Å²) in [5, 5.41) is 3.93. The zero-order valence-electron chi connectivity index (χ0n) is 9.64. The lowest BCUT2D eigenvalue weighted by Crippen LogP contribution is -2.44. The van der Waals surface area contributed by atoms with Crippen molar-refractivity contribution in [3.8, 4) is 0 Å². The Bertz CT molecular complexity index is 422. The van der Waals surface area contributed by atoms with Crippen molar-refractivity contribution in [1.29, 1.82) is 0 Å². The minimum atomic E-state index is -0.404. The van der Waals surface area contributed by atoms with E-state index in [1.165, 1.54) is 0 Å². The van der Waals surface area contributed by atoms with Gasteiger partial charge in [-0.2, -0.15) is 0 Å². The average Bonchev–Trinajstić information content (AvgIpc) is 2.70. The van der Waals surface area contributed by atoms with Crippen LogP contribution >= 0.6 is 11.6 Å². The van der Waals surface area contributed by atoms with Gasteiger partial charge in [-0.05, 0) is 44.9 Å². The van der Waals surface area contributed by atoms with Gasteiger partial charge in [0, 0.05) is 10.6 Å². The van der Waals surface area contributed by atoms with E-state index >= 15 is 0 Å². The second-order valence-corrected chi connectivity index (χ2v) is 5.06. The molecule has 0 aliphatic carbocycles. The molecule has 0 spiro atoms. The molecule has 0 bridgehead atoms. The number of benzene rings is 1. The third-order valence-electron chi connectivity index (χ3n) is 3.30. The number of carbonyl (C=O) groups is 1. The molecule has 1 aliphatic heterocycles. The molecule has 1 aromatic carbocycles. The highest BCUT2D eigenvalue weighted by Gasteiger charge is 2.36. The Hall–Kier alpha value is -0.860. The second-order valence-electron chi connectivity index (χ2n) is 4.66. The highest BCUT2D eigenvalue weighted by molar-refractivity contribution is 6.31. The van der Waals surface area contributed by atoms with Gasteiger partial charge in [0.1, 0.15) is 0 Å². The first-order valence-corrected chi connectivity index (χ1v) is 5.97. The van der Waals surface area contributed by atoms with Gasteiger partial charge < -0.3 is 5.32 Å². The summed E-state index contributed by atoms with van der Waals surface area (Å²) in [6.45, 7) is 4.82. The van der Waals surface area contributed by atoms with E-state index in [-0.39, 0.29) is 5.78 Å². The summed E-state index contributed by atoms with van der Waals surface area (Å²) in [6, 6.07) is 5.52. The summed E-state index contributed by atoms with van der Waals surface area (Å²) in [5.74, 6) is 0.145. The molecule has 1 unspecified atom stereocenters. The first kappa shape index (κ1) is 11.6. The summed E-state index contributed by atoms with van der Waals surface area (Å²) in [7, 11) is 0. The number of nitrogens with one attached hydrogen (secondary N) is 1. The molecule has 3 heteroatoms. The van der Waals surface area contributed by atoms with Crippen molar-refractivity contribution in [3.05, 3.63) is 34.3 Å². The first-order chi connectivity index (χ1) is 7.53. The number of ketones is 1. The average molecular weight is 238 g/mol. The molecule has 86 valence electrons. The molecule has 1 aromatic rings. The van der Waals surface area contributed by atoms with Crippen molar-refractivity contribution >= 4 is 17.4 Å². The fraction of sp³-hybridized carbons (Fsp3) is 0.462. The van der Waals surface area contributed by atoms with Crippen molar-refractivity contribution in [2.75, 3.05) is 6.54 Å². The predicted octanol–water partition coefficient (Wildman–Crippen LogP) is 2.97. The van der Waals surface area contributed by atoms with Gasteiger partial charge in [-0.3, -0.25) is 4.79 Å². The van der Waals surface area contributed by atoms with Crippen LogP contribution < -0.4 is 5.32 Å². The van der Waals surface area contributed by atoms with Crippen LogP contribution in [0, 0.1) is 6.92 Å². The molecular weight excluding hydrogens is 222 g/mol. The van der Waals surface area contributed by atoms with Crippen LogP contribution in [-0.4, -0.2) is 17.9 Å². The van der Waals surface area contributed by atoms with E-state index in [1.54, 1.807) is 6.07 Å². The molecule has 0 saturated carbocycles. The molecule has 1 N–H and O–H groups in total. The number of Topliss-reactive ketones (excluding diaryl/α,β-unsaturated/α-hetero) is 1. The van der Waals surface area contributed by atoms with Gasteiger partial charge in [-0.1, -0.05) is 23.7 Å². The van der Waals surface area contributed by atoms with Gasteiger partial charge in [0.15, 0.2) is 5.78 Å². The van der Waals surface area contributed by atoms with Gasteiger partial charge in [0.05, 0.1) is 5.54 Å². The molecule has 1 aliphatic rings. The maximum Gasteiger partial charge on any atom is 0.182 e. The van der Waals surface area contributed by atoms with Crippen molar-refractivity contribution in [2.45, 2.75) is 32.2 Å². The fourth-order valence-corrected chi connectivity index (χ4v) is 2.32. The monoisotopic (exact) mass is 237 g/mol. The molecule has 0 amide bonds. The molecule has 1 atom stereocenters. The number of rotatable bonds is 2. The Morgan fingerprint density at radius 2 is 2.25 bits per heavy atom. The molecule has 0 radical (unpaired) electrons. The van der Waals surface area contributed by atoms with Crippen molar-refractivity contribution < 1.29 is 4.79 Å². The molecule has 0 aromatic heterocycles. The van der Waals surface area contributed by atoms with Crippen LogP contribution in [-0.2, 0) is 0 Å². The third-order valence-corrected chi connectivity index (χ3v) is 3.71. The van der Waals surface area contributed by atoms with Crippen LogP contribution in [0.4, 0.5) is 0 Å². The van der Waals surface area contributed by atoms with E-state index < -0.39 is 5.54 Å². The molecule has 1 heterocycles. The van der Waals surface area contributed by atoms with E-state index in [4.69, 9.17) is 11.6 Å². The Morgan fingerprint density at radius 1 is 1.50 bits per heavy atom. The zero-order valence-corrected chi connectivity index (χ0v) is 10.4. The number of halogens is 1. The van der Waals surface area contributed by atoms with E-state index in [0.717, 1.165) is 24.9 Å². The molecule has 2 nitrogen and oxygen atoms in total. The summed E-state index contributed by atoms with van der Waals surface area (Å²) < 4.78 is 0. The van der Waals surface area contributed by atoms with Crippen molar-refractivity contribution in [3.63, 3.8) is 0 Å². The van der Waals surface area contributed by atoms with Crippen LogP contribution in [0.3, 0.4) is 0 Å². The van der Waals surface area contributed by atoms with Gasteiger partial charge in [-0.15, -0.1) is 0 Å². The summed E-state index contributed by atoms with van der Waals surface area (Å²) >= 11 is 6.04. The molecule has 2 rings (SSSR count). The van der Waals surface area contributed by atoms with Gasteiger partial charge in [0.25, 0.3) is 0 Å². The smallest absolute Gasteiger partial charge is 0.182 e. The molecule has 16 heavy (non-hydrogen) atoms. The number of aryl methyl sites for hydroxylation is 1. The Morgan fingerprint density at radius 3 is 2.81 bits per heavy atom. The van der Waals surface area contributed by atoms with Crippen molar-refractivity contribution in [1.82, 2.24) is 5.32 Å². The minimum Gasteiger partial charge on any atom is -0.305 e. The lowest BCUT2D eigenvalue weighted by atomic mass is 9.89. The lowest BCUT2D eigenvalue weighted by molar-refractivity contribution is 0.0884. The van der Waals surface area contributed by atoms with Crippen molar-refractivity contribution in [2.24, 2.45) is 0 Å². The van der Waals surface area contributed by atoms with Crippen LogP contribution in [0.15, 0.2) is 18.2 Å². The highest BCUT2D eigenvalue weighted by atomic mass is 35.5. The topological polar surface area (TPSA) is 29.1 Å². The van der Waals surface area contributed by atoms with Crippen LogP contribution in [0.25, 0.3) is 0 Å². The Balaban J connectivity index is 2.30. The quantitative estimate of drug-likeness (QED) is 0.802. The van der Waals surface area contributed by atoms with Crippen LogP contribution in [0.1, 0.15) is 35.7 Å². The van der Waals surface area contributed by atoms with Gasteiger partial charge in [-0.25, -0.2) is 0 Å². The number of carbonyl (C=O) groups excluding carboxylic acids is 1. The van der Waals surface area contributed by atoms with E-state index in [2.05, 4.69) is 5.32 Å².